The van der Waals surface area contributed by atoms with Gasteiger partial charge in [-0.1, -0.05) is 0 Å². The van der Waals surface area contributed by atoms with Gasteiger partial charge in [-0.2, -0.15) is 20.2 Å². The number of carbonyl (C=O) groups is 1. The molecular weight excluding hydrogens is 482 g/mol. The molecule has 2 aromatic carbocycles. The van der Waals surface area contributed by atoms with Crippen molar-refractivity contribution in [3.8, 4) is 0 Å². The third-order valence-electron chi connectivity index (χ3n) is 6.31. The van der Waals surface area contributed by atoms with Crippen LogP contribution in [-0.4, -0.2) is 52.1 Å². The number of aromatic nitrogens is 4. The maximum atomic E-state index is 11.2. The minimum absolute atomic E-state index is 0.341. The number of anilines is 5. The lowest BCUT2D eigenvalue weighted by Crippen LogP contribution is -2.17. The molecule has 0 atom stereocenters. The lowest BCUT2D eigenvalue weighted by Gasteiger charge is -2.17. The molecule has 0 spiro atoms. The average Bonchev–Trinajstić information content (AvgIpc) is 3.63. The predicted octanol–water partition coefficient (Wildman–Crippen LogP) is 4.54. The van der Waals surface area contributed by atoms with Crippen molar-refractivity contribution in [3.63, 3.8) is 0 Å². The van der Waals surface area contributed by atoms with Crippen LogP contribution in [0.3, 0.4) is 0 Å². The highest BCUT2D eigenvalue weighted by Gasteiger charge is 2.15. The van der Waals surface area contributed by atoms with E-state index in [0.717, 1.165) is 18.8 Å². The van der Waals surface area contributed by atoms with Gasteiger partial charge in [0.1, 0.15) is 0 Å². The molecule has 3 heterocycles. The average molecular weight is 514 g/mol. The fourth-order valence-electron chi connectivity index (χ4n) is 4.37. The molecule has 0 unspecified atom stereocenters. The van der Waals surface area contributed by atoms with E-state index >= 15 is 0 Å². The lowest BCUT2D eigenvalue weighted by molar-refractivity contribution is -0.105. The molecule has 38 heavy (non-hydrogen) atoms. The van der Waals surface area contributed by atoms with Crippen molar-refractivity contribution in [2.45, 2.75) is 26.3 Å². The highest BCUT2D eigenvalue weighted by atomic mass is 16.1. The van der Waals surface area contributed by atoms with Crippen LogP contribution in [0.25, 0.3) is 11.2 Å². The normalized spacial score (nSPS) is 13.4. The van der Waals surface area contributed by atoms with Gasteiger partial charge < -0.3 is 31.2 Å². The zero-order valence-electron chi connectivity index (χ0n) is 21.3. The Bertz CT molecular complexity index is 1430. The molecule has 12 nitrogen and oxygen atoms in total. The van der Waals surface area contributed by atoms with E-state index in [9.17, 15) is 4.79 Å². The number of rotatable bonds is 11. The molecular formula is C26H31N11O. The van der Waals surface area contributed by atoms with E-state index in [0.29, 0.717) is 66.0 Å². The summed E-state index contributed by atoms with van der Waals surface area (Å²) in [5.41, 5.74) is 10.7. The van der Waals surface area contributed by atoms with Crippen molar-refractivity contribution in [2.75, 3.05) is 47.0 Å². The van der Waals surface area contributed by atoms with Crippen LogP contribution in [0.4, 0.5) is 40.2 Å². The number of nitrogens with two attached hydrogens (primary N) is 1. The van der Waals surface area contributed by atoms with Crippen LogP contribution in [0, 0.1) is 0 Å². The molecule has 0 radical (unpaired) electrons. The van der Waals surface area contributed by atoms with Gasteiger partial charge in [0.25, 0.3) is 0 Å². The summed E-state index contributed by atoms with van der Waals surface area (Å²) < 4.78 is 1.93. The van der Waals surface area contributed by atoms with Gasteiger partial charge in [-0.05, 0) is 62.2 Å². The Kier molecular flexibility index (Phi) is 7.69. The maximum absolute atomic E-state index is 11.2. The van der Waals surface area contributed by atoms with Gasteiger partial charge in [0, 0.05) is 38.4 Å². The van der Waals surface area contributed by atoms with Crippen LogP contribution in [-0.2, 0) is 11.3 Å². The van der Waals surface area contributed by atoms with E-state index in [1.807, 2.05) is 23.6 Å². The molecule has 0 saturated carbocycles. The second kappa shape index (κ2) is 11.6. The number of fused-ring (bicyclic) bond motifs is 1. The van der Waals surface area contributed by atoms with Crippen LogP contribution in [0.5, 0.6) is 0 Å². The Morgan fingerprint density at radius 2 is 1.79 bits per heavy atom. The van der Waals surface area contributed by atoms with Crippen molar-refractivity contribution >= 4 is 57.8 Å². The highest BCUT2D eigenvalue weighted by Crippen LogP contribution is 2.32. The van der Waals surface area contributed by atoms with Crippen molar-refractivity contribution < 1.29 is 4.79 Å². The van der Waals surface area contributed by atoms with Gasteiger partial charge in [0.15, 0.2) is 17.0 Å². The number of nitrogens with zero attached hydrogens (tertiary/aromatic N) is 7. The zero-order valence-corrected chi connectivity index (χ0v) is 21.3. The van der Waals surface area contributed by atoms with Crippen LogP contribution >= 0.6 is 0 Å². The first-order valence-electron chi connectivity index (χ1n) is 12.7. The summed E-state index contributed by atoms with van der Waals surface area (Å²) in [4.78, 5) is 27.3. The molecule has 12 heteroatoms. The number of amides is 1. The van der Waals surface area contributed by atoms with E-state index in [1.54, 1.807) is 24.5 Å². The first-order valence-corrected chi connectivity index (χ1v) is 12.7. The Hall–Kier alpha value is -4.58. The molecule has 4 aromatic rings. The molecule has 1 amide bonds. The molecule has 0 bridgehead atoms. The van der Waals surface area contributed by atoms with Crippen molar-refractivity contribution in [2.24, 2.45) is 16.0 Å². The third kappa shape index (κ3) is 5.54. The van der Waals surface area contributed by atoms with E-state index in [4.69, 9.17) is 5.73 Å². The van der Waals surface area contributed by atoms with E-state index in [2.05, 4.69) is 58.2 Å². The molecule has 1 saturated heterocycles. The third-order valence-corrected chi connectivity index (χ3v) is 6.31. The van der Waals surface area contributed by atoms with Crippen LogP contribution < -0.4 is 26.6 Å². The number of hydrogen-bond acceptors (Lipinski definition) is 10. The molecule has 1 aliphatic rings. The summed E-state index contributed by atoms with van der Waals surface area (Å²) in [6.45, 7) is 5.90. The molecule has 1 fully saturated rings. The topological polar surface area (TPSA) is 151 Å². The van der Waals surface area contributed by atoms with Crippen molar-refractivity contribution in [1.29, 1.82) is 0 Å². The number of imidazole rings is 1. The molecule has 0 aliphatic carbocycles. The Morgan fingerprint density at radius 1 is 1.03 bits per heavy atom. The van der Waals surface area contributed by atoms with Gasteiger partial charge >= 0.3 is 0 Å². The Balaban J connectivity index is 1.41. The quantitative estimate of drug-likeness (QED) is 0.168. The number of nitrogens with one attached hydrogen (secondary N) is 3. The maximum Gasteiger partial charge on any atom is 0.231 e. The Labute approximate surface area is 220 Å². The van der Waals surface area contributed by atoms with Crippen LogP contribution in [0.2, 0.25) is 0 Å². The van der Waals surface area contributed by atoms with Crippen LogP contribution in [0.1, 0.15) is 19.8 Å². The van der Waals surface area contributed by atoms with Gasteiger partial charge in [-0.15, -0.1) is 0 Å². The summed E-state index contributed by atoms with van der Waals surface area (Å²) in [6, 6.07) is 13.4. The van der Waals surface area contributed by atoms with E-state index < -0.39 is 0 Å². The smallest absolute Gasteiger partial charge is 0.231 e. The van der Waals surface area contributed by atoms with Gasteiger partial charge in [0.2, 0.25) is 12.4 Å². The monoisotopic (exact) mass is 513 g/mol. The fourth-order valence-corrected chi connectivity index (χ4v) is 4.37. The minimum atomic E-state index is 0.341. The molecule has 2 aromatic heterocycles. The number of hydrogen-bond donors (Lipinski definition) is 4. The molecule has 1 aliphatic heterocycles. The SMILES string of the molecule is CCn1cnc2c(NCCN)nc(Nc3cc(N=Nc4ccc(N5CCCC5)cc4)ccc3NC=O)nc21. The second-order valence-electron chi connectivity index (χ2n) is 8.84. The fraction of sp³-hybridized carbons (Fsp3) is 0.308. The zero-order chi connectivity index (χ0) is 26.3. The van der Waals surface area contributed by atoms with Crippen molar-refractivity contribution in [3.05, 3.63) is 48.8 Å². The summed E-state index contributed by atoms with van der Waals surface area (Å²) in [7, 11) is 0. The Morgan fingerprint density at radius 3 is 2.53 bits per heavy atom. The molecule has 5 rings (SSSR count). The van der Waals surface area contributed by atoms with Crippen LogP contribution in [0.15, 0.2) is 59.0 Å². The number of carbonyl (C=O) groups excluding carboxylic acids is 1. The van der Waals surface area contributed by atoms with Gasteiger partial charge in [0.05, 0.1) is 29.1 Å². The highest BCUT2D eigenvalue weighted by molar-refractivity contribution is 5.87. The summed E-state index contributed by atoms with van der Waals surface area (Å²) in [6.07, 6.45) is 4.82. The standard InChI is InChI=1S/C26H31N11O/c1-2-36-16-29-23-24(28-12-11-27)32-26(33-25(23)36)31-22-15-19(7-10-21(22)30-17-38)35-34-18-5-8-20(9-6-18)37-13-3-4-14-37/h5-10,15-17H,2-4,11-14,27H2,1H3,(H,30,38)(H2,28,31,32,33). The number of benzene rings is 2. The molecule has 5 N–H and O–H groups in total. The largest absolute Gasteiger partial charge is 0.372 e. The summed E-state index contributed by atoms with van der Waals surface area (Å²) in [5, 5.41) is 17.9. The molecule has 196 valence electrons. The summed E-state index contributed by atoms with van der Waals surface area (Å²) >= 11 is 0. The second-order valence-corrected chi connectivity index (χ2v) is 8.84. The first kappa shape index (κ1) is 25.1. The lowest BCUT2D eigenvalue weighted by atomic mass is 10.2. The van der Waals surface area contributed by atoms with Crippen molar-refractivity contribution in [1.82, 2.24) is 19.5 Å². The minimum Gasteiger partial charge on any atom is -0.372 e. The van der Waals surface area contributed by atoms with E-state index in [-0.39, 0.29) is 0 Å². The summed E-state index contributed by atoms with van der Waals surface area (Å²) in [5.74, 6) is 0.918. The van der Waals surface area contributed by atoms with Gasteiger partial charge in [-0.3, -0.25) is 4.79 Å². The van der Waals surface area contributed by atoms with Gasteiger partial charge in [-0.25, -0.2) is 4.98 Å². The number of aryl methyl sites for hydroxylation is 1. The van der Waals surface area contributed by atoms with E-state index in [1.165, 1.54) is 18.5 Å². The number of azo groups is 1. The first-order chi connectivity index (χ1) is 18.7. The predicted molar refractivity (Wildman–Crippen MR) is 150 cm³/mol.